The van der Waals surface area contributed by atoms with Crippen LogP contribution in [0.2, 0.25) is 0 Å². The molecule has 2 aromatic rings. The number of hydrogen-bond donors (Lipinski definition) is 2. The molecule has 0 saturated heterocycles. The van der Waals surface area contributed by atoms with Gasteiger partial charge in [0.2, 0.25) is 0 Å². The van der Waals surface area contributed by atoms with E-state index in [9.17, 15) is 8.78 Å². The van der Waals surface area contributed by atoms with E-state index in [-0.39, 0.29) is 6.04 Å². The second-order valence-electron chi connectivity index (χ2n) is 4.92. The quantitative estimate of drug-likeness (QED) is 0.859. The fourth-order valence-corrected chi connectivity index (χ4v) is 2.24. The van der Waals surface area contributed by atoms with Crippen molar-refractivity contribution in [3.8, 4) is 0 Å². The Morgan fingerprint density at radius 1 is 1.29 bits per heavy atom. The molecule has 0 spiro atoms. The molecule has 0 amide bonds. The number of nitrogens with two attached hydrogens (primary N) is 1. The zero-order valence-corrected chi connectivity index (χ0v) is 11.9. The van der Waals surface area contributed by atoms with Gasteiger partial charge in [-0.15, -0.1) is 0 Å². The zero-order valence-electron chi connectivity index (χ0n) is 11.9. The first-order chi connectivity index (χ1) is 10.1. The Kier molecular flexibility index (Phi) is 5.22. The number of aromatic nitrogens is 1. The van der Waals surface area contributed by atoms with Gasteiger partial charge in [0.05, 0.1) is 0 Å². The number of hydrogen-bond acceptors (Lipinski definition) is 3. The third-order valence-corrected chi connectivity index (χ3v) is 3.32. The van der Waals surface area contributed by atoms with E-state index >= 15 is 0 Å². The highest BCUT2D eigenvalue weighted by Crippen LogP contribution is 2.24. The number of nitrogen functional groups attached to an aromatic ring is 1. The zero-order chi connectivity index (χ0) is 15.2. The summed E-state index contributed by atoms with van der Waals surface area (Å²) in [6.45, 7) is 2.73. The van der Waals surface area contributed by atoms with Crippen molar-refractivity contribution in [3.63, 3.8) is 0 Å². The van der Waals surface area contributed by atoms with Crippen LogP contribution in [-0.4, -0.2) is 11.5 Å². The molecule has 0 bridgehead atoms. The lowest BCUT2D eigenvalue weighted by Crippen LogP contribution is -2.25. The standard InChI is InChI=1S/C16H19F2N3/c1-2-7-20-15(9-11-4-3-8-21-16(11)19)13-10-12(17)5-6-14(13)18/h3-6,8,10,15,20H,2,7,9H2,1H3,(H2,19,21). The first kappa shape index (κ1) is 15.4. The molecular weight excluding hydrogens is 272 g/mol. The lowest BCUT2D eigenvalue weighted by molar-refractivity contribution is 0.490. The predicted octanol–water partition coefficient (Wildman–Crippen LogP) is 3.23. The molecule has 0 aliphatic carbocycles. The molecule has 1 heterocycles. The maximum absolute atomic E-state index is 14.0. The summed E-state index contributed by atoms with van der Waals surface area (Å²) in [6.07, 6.45) is 2.96. The van der Waals surface area contributed by atoms with E-state index in [1.165, 1.54) is 6.07 Å². The van der Waals surface area contributed by atoms with Crippen LogP contribution in [0, 0.1) is 11.6 Å². The summed E-state index contributed by atoms with van der Waals surface area (Å²) in [7, 11) is 0. The molecule has 1 aromatic heterocycles. The molecule has 0 aliphatic heterocycles. The van der Waals surface area contributed by atoms with Gasteiger partial charge in [0.15, 0.2) is 0 Å². The Morgan fingerprint density at radius 3 is 2.81 bits per heavy atom. The van der Waals surface area contributed by atoms with E-state index in [0.717, 1.165) is 24.1 Å². The van der Waals surface area contributed by atoms with Gasteiger partial charge in [-0.3, -0.25) is 0 Å². The Morgan fingerprint density at radius 2 is 2.10 bits per heavy atom. The molecule has 1 atom stereocenters. The number of nitrogens with one attached hydrogen (secondary N) is 1. The van der Waals surface area contributed by atoms with Crippen LogP contribution in [0.3, 0.4) is 0 Å². The van der Waals surface area contributed by atoms with Crippen molar-refractivity contribution < 1.29 is 8.78 Å². The highest BCUT2D eigenvalue weighted by Gasteiger charge is 2.18. The maximum atomic E-state index is 14.0. The van der Waals surface area contributed by atoms with E-state index in [0.29, 0.717) is 24.3 Å². The normalized spacial score (nSPS) is 12.3. The predicted molar refractivity (Wildman–Crippen MR) is 79.7 cm³/mol. The van der Waals surface area contributed by atoms with E-state index < -0.39 is 11.6 Å². The highest BCUT2D eigenvalue weighted by molar-refractivity contribution is 5.40. The van der Waals surface area contributed by atoms with Gasteiger partial charge >= 0.3 is 0 Å². The van der Waals surface area contributed by atoms with Crippen molar-refractivity contribution in [2.45, 2.75) is 25.8 Å². The summed E-state index contributed by atoms with van der Waals surface area (Å²) in [6, 6.07) is 6.79. The van der Waals surface area contributed by atoms with Crippen molar-refractivity contribution in [2.24, 2.45) is 0 Å². The SMILES string of the molecule is CCCNC(Cc1cccnc1N)c1cc(F)ccc1F. The van der Waals surface area contributed by atoms with Gasteiger partial charge < -0.3 is 11.1 Å². The molecule has 1 unspecified atom stereocenters. The van der Waals surface area contributed by atoms with E-state index in [2.05, 4.69) is 10.3 Å². The van der Waals surface area contributed by atoms with Gasteiger partial charge in [-0.05, 0) is 49.2 Å². The molecule has 2 rings (SSSR count). The summed E-state index contributed by atoms with van der Waals surface area (Å²) in [5.41, 5.74) is 6.96. The fourth-order valence-electron chi connectivity index (χ4n) is 2.24. The topological polar surface area (TPSA) is 50.9 Å². The Hall–Kier alpha value is -2.01. The van der Waals surface area contributed by atoms with E-state index in [1.807, 2.05) is 13.0 Å². The van der Waals surface area contributed by atoms with E-state index in [1.54, 1.807) is 12.3 Å². The summed E-state index contributed by atoms with van der Waals surface area (Å²) in [5, 5.41) is 3.24. The molecule has 112 valence electrons. The lowest BCUT2D eigenvalue weighted by atomic mass is 9.98. The molecule has 21 heavy (non-hydrogen) atoms. The van der Waals surface area contributed by atoms with Crippen LogP contribution < -0.4 is 11.1 Å². The van der Waals surface area contributed by atoms with Crippen LogP contribution in [-0.2, 0) is 6.42 Å². The monoisotopic (exact) mass is 291 g/mol. The van der Waals surface area contributed by atoms with Crippen LogP contribution in [0.1, 0.15) is 30.5 Å². The number of rotatable bonds is 6. The van der Waals surface area contributed by atoms with Crippen LogP contribution >= 0.6 is 0 Å². The smallest absolute Gasteiger partial charge is 0.128 e. The maximum Gasteiger partial charge on any atom is 0.128 e. The second-order valence-corrected chi connectivity index (χ2v) is 4.92. The number of halogens is 2. The first-order valence-electron chi connectivity index (χ1n) is 6.99. The molecule has 3 N–H and O–H groups in total. The largest absolute Gasteiger partial charge is 0.383 e. The highest BCUT2D eigenvalue weighted by atomic mass is 19.1. The Balaban J connectivity index is 2.30. The van der Waals surface area contributed by atoms with Crippen LogP contribution in [0.4, 0.5) is 14.6 Å². The van der Waals surface area contributed by atoms with Gasteiger partial charge in [-0.1, -0.05) is 13.0 Å². The summed E-state index contributed by atoms with van der Waals surface area (Å²) < 4.78 is 27.4. The Bertz CT molecular complexity index is 602. The van der Waals surface area contributed by atoms with Gasteiger partial charge in [-0.2, -0.15) is 0 Å². The molecule has 0 aliphatic rings. The third-order valence-electron chi connectivity index (χ3n) is 3.32. The summed E-state index contributed by atoms with van der Waals surface area (Å²) in [4.78, 5) is 4.03. The molecule has 0 radical (unpaired) electrons. The van der Waals surface area contributed by atoms with Crippen molar-refractivity contribution in [1.29, 1.82) is 0 Å². The average Bonchev–Trinajstić information content (AvgIpc) is 2.48. The van der Waals surface area contributed by atoms with E-state index in [4.69, 9.17) is 5.73 Å². The minimum atomic E-state index is -0.450. The summed E-state index contributed by atoms with van der Waals surface area (Å²) >= 11 is 0. The molecule has 0 saturated carbocycles. The fraction of sp³-hybridized carbons (Fsp3) is 0.312. The molecule has 0 fully saturated rings. The van der Waals surface area contributed by atoms with Crippen LogP contribution in [0.5, 0.6) is 0 Å². The van der Waals surface area contributed by atoms with Gasteiger partial charge in [0, 0.05) is 17.8 Å². The molecule has 3 nitrogen and oxygen atoms in total. The number of benzene rings is 1. The molecule has 1 aromatic carbocycles. The number of nitrogens with zero attached hydrogens (tertiary/aromatic N) is 1. The third kappa shape index (κ3) is 3.98. The molecule has 5 heteroatoms. The Labute approximate surface area is 123 Å². The minimum absolute atomic E-state index is 0.312. The van der Waals surface area contributed by atoms with Crippen molar-refractivity contribution in [3.05, 3.63) is 59.3 Å². The van der Waals surface area contributed by atoms with Crippen molar-refractivity contribution >= 4 is 5.82 Å². The lowest BCUT2D eigenvalue weighted by Gasteiger charge is -2.20. The first-order valence-corrected chi connectivity index (χ1v) is 6.99. The second kappa shape index (κ2) is 7.13. The number of anilines is 1. The average molecular weight is 291 g/mol. The van der Waals surface area contributed by atoms with Crippen molar-refractivity contribution in [2.75, 3.05) is 12.3 Å². The van der Waals surface area contributed by atoms with Gasteiger partial charge in [0.1, 0.15) is 17.5 Å². The molecular formula is C16H19F2N3. The van der Waals surface area contributed by atoms with Gasteiger partial charge in [0.25, 0.3) is 0 Å². The number of pyridine rings is 1. The minimum Gasteiger partial charge on any atom is -0.383 e. The van der Waals surface area contributed by atoms with Gasteiger partial charge in [-0.25, -0.2) is 13.8 Å². The van der Waals surface area contributed by atoms with Crippen LogP contribution in [0.25, 0.3) is 0 Å². The van der Waals surface area contributed by atoms with Crippen molar-refractivity contribution in [1.82, 2.24) is 10.3 Å². The summed E-state index contributed by atoms with van der Waals surface area (Å²) in [5.74, 6) is -0.459. The van der Waals surface area contributed by atoms with Crippen LogP contribution in [0.15, 0.2) is 36.5 Å².